The highest BCUT2D eigenvalue weighted by Crippen LogP contribution is 2.36. The number of hydrogen-bond donors (Lipinski definition) is 0. The summed E-state index contributed by atoms with van der Waals surface area (Å²) >= 11 is 0. The first-order chi connectivity index (χ1) is 5.86. The molecule has 12 heavy (non-hydrogen) atoms. The van der Waals surface area contributed by atoms with Crippen LogP contribution < -0.4 is 4.52 Å². The molecule has 0 radical (unpaired) electrons. The minimum absolute atomic E-state index is 0.233. The molecule has 66 valence electrons. The molecule has 0 atom stereocenters. The van der Waals surface area contributed by atoms with Crippen molar-refractivity contribution in [2.24, 2.45) is 0 Å². The average molecular weight is 182 g/mol. The first kappa shape index (κ1) is 9.54. The van der Waals surface area contributed by atoms with E-state index in [-0.39, 0.29) is 8.15 Å². The van der Waals surface area contributed by atoms with Gasteiger partial charge < -0.3 is 4.52 Å². The molecule has 0 aliphatic heterocycles. The van der Waals surface area contributed by atoms with Gasteiger partial charge in [0.1, 0.15) is 5.75 Å². The minimum atomic E-state index is -0.233. The van der Waals surface area contributed by atoms with Crippen molar-refractivity contribution >= 4 is 8.15 Å². The number of benzene rings is 1. The van der Waals surface area contributed by atoms with E-state index in [1.165, 1.54) is 0 Å². The zero-order valence-electron chi connectivity index (χ0n) is 7.66. The van der Waals surface area contributed by atoms with Crippen LogP contribution >= 0.6 is 8.15 Å². The van der Waals surface area contributed by atoms with E-state index < -0.39 is 0 Å². The highest BCUT2D eigenvalue weighted by molar-refractivity contribution is 7.52. The SMILES string of the molecule is CCP(CC)Oc1ccccc1. The summed E-state index contributed by atoms with van der Waals surface area (Å²) < 4.78 is 5.78. The van der Waals surface area contributed by atoms with Gasteiger partial charge in [0.05, 0.1) is 8.15 Å². The number of hydrogen-bond acceptors (Lipinski definition) is 1. The molecule has 0 bridgehead atoms. The molecule has 0 unspecified atom stereocenters. The fourth-order valence-electron chi connectivity index (χ4n) is 0.983. The van der Waals surface area contributed by atoms with Gasteiger partial charge in [0.25, 0.3) is 0 Å². The van der Waals surface area contributed by atoms with E-state index in [0.29, 0.717) is 0 Å². The fourth-order valence-corrected chi connectivity index (χ4v) is 2.11. The summed E-state index contributed by atoms with van der Waals surface area (Å²) in [7, 11) is -0.233. The van der Waals surface area contributed by atoms with Crippen LogP contribution in [0.4, 0.5) is 0 Å². The summed E-state index contributed by atoms with van der Waals surface area (Å²) in [4.78, 5) is 0. The lowest BCUT2D eigenvalue weighted by atomic mass is 10.3. The molecule has 0 aromatic heterocycles. The molecule has 2 heteroatoms. The Morgan fingerprint density at radius 2 is 1.67 bits per heavy atom. The van der Waals surface area contributed by atoms with Crippen LogP contribution in [0.3, 0.4) is 0 Å². The molecule has 0 aliphatic carbocycles. The van der Waals surface area contributed by atoms with Gasteiger partial charge in [-0.25, -0.2) is 0 Å². The molecule has 1 aromatic carbocycles. The highest BCUT2D eigenvalue weighted by atomic mass is 31.1. The molecule has 1 nitrogen and oxygen atoms in total. The maximum Gasteiger partial charge on any atom is 0.123 e. The summed E-state index contributed by atoms with van der Waals surface area (Å²) in [6, 6.07) is 10.1. The van der Waals surface area contributed by atoms with Crippen molar-refractivity contribution in [1.29, 1.82) is 0 Å². The van der Waals surface area contributed by atoms with E-state index >= 15 is 0 Å². The molecule has 1 aromatic rings. The smallest absolute Gasteiger partial charge is 0.123 e. The zero-order chi connectivity index (χ0) is 8.81. The maximum atomic E-state index is 5.78. The van der Waals surface area contributed by atoms with Crippen molar-refractivity contribution in [3.8, 4) is 5.75 Å². The van der Waals surface area contributed by atoms with E-state index in [4.69, 9.17) is 4.52 Å². The predicted octanol–water partition coefficient (Wildman–Crippen LogP) is 3.50. The fraction of sp³-hybridized carbons (Fsp3) is 0.400. The molecule has 0 spiro atoms. The Labute approximate surface area is 75.6 Å². The normalized spacial score (nSPS) is 10.2. The molecule has 0 saturated carbocycles. The van der Waals surface area contributed by atoms with Crippen LogP contribution in [-0.4, -0.2) is 12.3 Å². The Hall–Kier alpha value is -0.550. The van der Waals surface area contributed by atoms with Gasteiger partial charge in [0.15, 0.2) is 0 Å². The van der Waals surface area contributed by atoms with Crippen molar-refractivity contribution in [2.45, 2.75) is 13.8 Å². The van der Waals surface area contributed by atoms with Gasteiger partial charge in [-0.2, -0.15) is 0 Å². The van der Waals surface area contributed by atoms with Gasteiger partial charge in [0, 0.05) is 12.3 Å². The van der Waals surface area contributed by atoms with Crippen molar-refractivity contribution < 1.29 is 4.52 Å². The Kier molecular flexibility index (Phi) is 4.10. The molecule has 1 rings (SSSR count). The Bertz CT molecular complexity index is 206. The first-order valence-corrected chi connectivity index (χ1v) is 5.97. The molecular formula is C10H15OP. The molecule has 0 saturated heterocycles. The number of para-hydroxylation sites is 1. The van der Waals surface area contributed by atoms with E-state index in [1.54, 1.807) is 0 Å². The molecule has 0 heterocycles. The maximum absolute atomic E-state index is 5.78. The van der Waals surface area contributed by atoms with Gasteiger partial charge in [-0.3, -0.25) is 0 Å². The van der Waals surface area contributed by atoms with Gasteiger partial charge in [0.2, 0.25) is 0 Å². The molecule has 0 fully saturated rings. The van der Waals surface area contributed by atoms with Crippen LogP contribution in [-0.2, 0) is 0 Å². The van der Waals surface area contributed by atoms with Crippen LogP contribution in [0.2, 0.25) is 0 Å². The van der Waals surface area contributed by atoms with Crippen molar-refractivity contribution in [1.82, 2.24) is 0 Å². The third kappa shape index (κ3) is 2.83. The summed E-state index contributed by atoms with van der Waals surface area (Å²) in [6.07, 6.45) is 2.28. The van der Waals surface area contributed by atoms with Crippen molar-refractivity contribution in [2.75, 3.05) is 12.3 Å². The quantitative estimate of drug-likeness (QED) is 0.647. The van der Waals surface area contributed by atoms with Gasteiger partial charge in [-0.1, -0.05) is 32.0 Å². The predicted molar refractivity (Wildman–Crippen MR) is 55.1 cm³/mol. The molecule has 0 amide bonds. The summed E-state index contributed by atoms with van der Waals surface area (Å²) in [6.45, 7) is 4.36. The van der Waals surface area contributed by atoms with E-state index in [2.05, 4.69) is 13.8 Å². The van der Waals surface area contributed by atoms with Crippen LogP contribution in [0.25, 0.3) is 0 Å². The van der Waals surface area contributed by atoms with Crippen LogP contribution in [0.15, 0.2) is 30.3 Å². The second-order valence-electron chi connectivity index (χ2n) is 2.52. The Balaban J connectivity index is 2.51. The van der Waals surface area contributed by atoms with Crippen molar-refractivity contribution in [3.63, 3.8) is 0 Å². The molecule has 0 aliphatic rings. The van der Waals surface area contributed by atoms with Crippen LogP contribution in [0.1, 0.15) is 13.8 Å². The van der Waals surface area contributed by atoms with E-state index in [9.17, 15) is 0 Å². The van der Waals surface area contributed by atoms with Crippen LogP contribution in [0.5, 0.6) is 5.75 Å². The van der Waals surface area contributed by atoms with Crippen LogP contribution in [0, 0.1) is 0 Å². The Morgan fingerprint density at radius 1 is 1.08 bits per heavy atom. The standard InChI is InChI=1S/C10H15OP/c1-3-12(4-2)11-10-8-6-5-7-9-10/h5-9H,3-4H2,1-2H3. The third-order valence-corrected chi connectivity index (χ3v) is 3.56. The molecular weight excluding hydrogens is 167 g/mol. The van der Waals surface area contributed by atoms with E-state index in [0.717, 1.165) is 18.1 Å². The first-order valence-electron chi connectivity index (χ1n) is 4.34. The minimum Gasteiger partial charge on any atom is -0.474 e. The van der Waals surface area contributed by atoms with Gasteiger partial charge in [-0.15, -0.1) is 0 Å². The van der Waals surface area contributed by atoms with Gasteiger partial charge in [-0.05, 0) is 12.1 Å². The Morgan fingerprint density at radius 3 is 2.17 bits per heavy atom. The van der Waals surface area contributed by atoms with E-state index in [1.807, 2.05) is 30.3 Å². The second-order valence-corrected chi connectivity index (χ2v) is 4.93. The topological polar surface area (TPSA) is 9.23 Å². The third-order valence-electron chi connectivity index (χ3n) is 1.68. The second kappa shape index (κ2) is 5.16. The summed E-state index contributed by atoms with van der Waals surface area (Å²) in [5.41, 5.74) is 0. The zero-order valence-corrected chi connectivity index (χ0v) is 8.55. The van der Waals surface area contributed by atoms with Gasteiger partial charge >= 0.3 is 0 Å². The monoisotopic (exact) mass is 182 g/mol. The lowest BCUT2D eigenvalue weighted by molar-refractivity contribution is 0.614. The average Bonchev–Trinajstić information content (AvgIpc) is 2.16. The molecule has 0 N–H and O–H groups in total. The lowest BCUT2D eigenvalue weighted by Gasteiger charge is -2.14. The van der Waals surface area contributed by atoms with Crippen molar-refractivity contribution in [3.05, 3.63) is 30.3 Å². The number of rotatable bonds is 4. The lowest BCUT2D eigenvalue weighted by Crippen LogP contribution is -1.91. The summed E-state index contributed by atoms with van der Waals surface area (Å²) in [5, 5.41) is 0. The largest absolute Gasteiger partial charge is 0.474 e. The summed E-state index contributed by atoms with van der Waals surface area (Å²) in [5.74, 6) is 1.01. The highest BCUT2D eigenvalue weighted by Gasteiger charge is 2.03.